The van der Waals surface area contributed by atoms with Crippen molar-refractivity contribution in [2.45, 2.75) is 208 Å². The van der Waals surface area contributed by atoms with E-state index in [4.69, 9.17) is 28.4 Å². The van der Waals surface area contributed by atoms with E-state index in [1.165, 1.54) is 28.3 Å². The molecule has 12 atom stereocenters. The van der Waals surface area contributed by atoms with E-state index in [9.17, 15) is 72.2 Å². The van der Waals surface area contributed by atoms with Crippen molar-refractivity contribution in [1.82, 2.24) is 62.6 Å². The Balaban J connectivity index is 1.99. The van der Waals surface area contributed by atoms with E-state index < -0.39 is 158 Å². The third-order valence-corrected chi connectivity index (χ3v) is 18.4. The molecule has 1 saturated heterocycles. The molecule has 0 aromatic heterocycles. The summed E-state index contributed by atoms with van der Waals surface area (Å²) in [5.41, 5.74) is 0.309. The number of hydrogen-bond acceptors (Lipinski definition) is 21. The molecule has 10 N–H and O–H groups in total. The highest BCUT2D eigenvalue weighted by Gasteiger charge is 2.45. The Bertz CT molecular complexity index is 3070. The number of likely N-dealkylation sites (N-methyl/N-ethyl adjacent to an activating group) is 2. The Morgan fingerprint density at radius 1 is 0.630 bits per heavy atom. The molecular formula is C75H126N12O21. The summed E-state index contributed by atoms with van der Waals surface area (Å²) >= 11 is 0. The molecule has 1 aromatic rings. The number of nitrogens with zero attached hydrogens (tertiary/aromatic N) is 3. The number of carboxylic acids is 1. The molecule has 0 bridgehead atoms. The number of likely N-dealkylation sites (tertiary alicyclic amines) is 1. The normalized spacial score (nSPS) is 16.1. The summed E-state index contributed by atoms with van der Waals surface area (Å²) in [6.07, 6.45) is -2.07. The fourth-order valence-corrected chi connectivity index (χ4v) is 12.7. The van der Waals surface area contributed by atoms with Gasteiger partial charge in [0, 0.05) is 99.1 Å². The molecule has 1 heterocycles. The number of Topliss-reactive ketones (excluding diaryl/α,β-unsaturated/α-hetero) is 1. The van der Waals surface area contributed by atoms with Crippen molar-refractivity contribution in [2.24, 2.45) is 34.5 Å². The number of benzene rings is 1. The van der Waals surface area contributed by atoms with Crippen LogP contribution in [0.25, 0.3) is 0 Å². The number of carboxylic acid groups (broad SMARTS) is 1. The molecule has 1 fully saturated rings. The first-order valence-corrected chi connectivity index (χ1v) is 37.2. The van der Waals surface area contributed by atoms with E-state index >= 15 is 0 Å². The lowest BCUT2D eigenvalue weighted by atomic mass is 9.78. The Morgan fingerprint density at radius 2 is 1.25 bits per heavy atom. The minimum absolute atomic E-state index is 0.00928. The molecule has 0 radical (unpaired) electrons. The van der Waals surface area contributed by atoms with Gasteiger partial charge in [-0.3, -0.25) is 57.6 Å². The lowest BCUT2D eigenvalue weighted by Crippen LogP contribution is -2.55. The maximum Gasteiger partial charge on any atom is 0.407 e. The highest BCUT2D eigenvalue weighted by atomic mass is 16.6. The van der Waals surface area contributed by atoms with Crippen molar-refractivity contribution in [3.8, 4) is 0 Å². The topological polar surface area (TPSA) is 433 Å². The van der Waals surface area contributed by atoms with E-state index in [1.807, 2.05) is 94.3 Å². The van der Waals surface area contributed by atoms with Crippen LogP contribution in [-0.2, 0) is 97.2 Å². The summed E-state index contributed by atoms with van der Waals surface area (Å²) in [5.74, 6) is -10.1. The monoisotopic (exact) mass is 1530 g/mol. The maximum atomic E-state index is 14.6. The number of carbonyl (C=O) groups is 14. The number of rotatable bonds is 50. The molecule has 11 amide bonds. The zero-order valence-electron chi connectivity index (χ0n) is 66.9. The van der Waals surface area contributed by atoms with Crippen molar-refractivity contribution in [3.63, 3.8) is 0 Å². The van der Waals surface area contributed by atoms with Crippen LogP contribution in [0.5, 0.6) is 0 Å². The Hall–Kier alpha value is -8.40. The van der Waals surface area contributed by atoms with E-state index in [2.05, 4.69) is 47.9 Å². The lowest BCUT2D eigenvalue weighted by molar-refractivity contribution is -0.149. The van der Waals surface area contributed by atoms with Crippen LogP contribution in [0, 0.1) is 34.5 Å². The number of aliphatic carboxylic acids is 1. The molecule has 1 aliphatic rings. The molecule has 0 saturated carbocycles. The van der Waals surface area contributed by atoms with Crippen LogP contribution < -0.4 is 47.9 Å². The number of carbonyl (C=O) groups excluding carboxylic acids is 13. The fourth-order valence-electron chi connectivity index (χ4n) is 12.7. The van der Waals surface area contributed by atoms with Crippen LogP contribution >= 0.6 is 0 Å². The first-order chi connectivity index (χ1) is 50.7. The van der Waals surface area contributed by atoms with E-state index in [-0.39, 0.29) is 124 Å². The summed E-state index contributed by atoms with van der Waals surface area (Å²) in [6, 6.07) is 1.92. The number of amides is 11. The van der Waals surface area contributed by atoms with Crippen molar-refractivity contribution in [3.05, 3.63) is 35.9 Å². The summed E-state index contributed by atoms with van der Waals surface area (Å²) in [7, 11) is 9.83. The van der Waals surface area contributed by atoms with Gasteiger partial charge < -0.3 is 91.2 Å². The van der Waals surface area contributed by atoms with Crippen LogP contribution in [-0.4, -0.2) is 272 Å². The summed E-state index contributed by atoms with van der Waals surface area (Å²) in [6.45, 7) is 22.1. The molecule has 1 aliphatic heterocycles. The lowest BCUT2D eigenvalue weighted by Gasteiger charge is -2.41. The van der Waals surface area contributed by atoms with Crippen molar-refractivity contribution in [2.75, 3.05) is 115 Å². The molecule has 612 valence electrons. The summed E-state index contributed by atoms with van der Waals surface area (Å²) in [4.78, 5) is 190. The predicted molar refractivity (Wildman–Crippen MR) is 400 cm³/mol. The molecule has 1 aromatic carbocycles. The van der Waals surface area contributed by atoms with Gasteiger partial charge in [-0.25, -0.2) is 14.4 Å². The SMILES string of the molecule is CC[C@H](C)[C@@H]([C@@H](CC(=O)N1CCC[C@H]1[C@H](OC)[C@@H](C)C(=O)N[C@@H](Cc1ccccc1)C(=O)NCCCOC(=O)C(C)NC(=O)CC(NC(=O)CCNC(=O)OCC(NC(=O)CNC(=O)CCNC(=O)CCOCC(C)(C)C)C(=O)NCCOC)C(=O)O)OC)N(C)C(=O)[C@@H](CC(=O)[C@@H](N(C)C)C(C)(C)C)C(C)C. The first-order valence-electron chi connectivity index (χ1n) is 37.2. The average Bonchev–Trinajstić information content (AvgIpc) is 1.40. The van der Waals surface area contributed by atoms with Crippen molar-refractivity contribution < 1.29 is 101 Å². The van der Waals surface area contributed by atoms with E-state index in [0.717, 1.165) is 5.56 Å². The molecule has 33 nitrogen and oxygen atoms in total. The number of hydrogen-bond donors (Lipinski definition) is 10. The van der Waals surface area contributed by atoms with Crippen molar-refractivity contribution >= 4 is 82.9 Å². The van der Waals surface area contributed by atoms with Gasteiger partial charge in [-0.1, -0.05) is 113 Å². The third-order valence-electron chi connectivity index (χ3n) is 18.4. The number of ketones is 1. The van der Waals surface area contributed by atoms with Crippen LogP contribution in [0.2, 0.25) is 0 Å². The number of ether oxygens (including phenoxy) is 6. The first kappa shape index (κ1) is 95.7. The standard InChI is InChI=1S/C75H126N12O21/c1-19-47(4)64(86(15)70(98)51(46(2)3)40-56(88)66(85(13)14)75(10,11)12)57(104-17)42-63(94)87-35-23-27-55(87)65(105-18)48(5)67(95)84-52(39-50-25-21-20-22-26-50)68(96)77-31-24-36-107-72(101)49(6)81-61(92)41-53(71(99)100)82-60(91)29-33-79-73(102)108-44-54(69(97)78-34-38-103-16)83-62(93)43-80-58(89)28-32-76-59(90)30-37-106-45-74(7,8)9/h20-22,25-26,46-49,51-55,57,64-66H,19,23-24,27-45H2,1-18H3,(H,76,90)(H,77,96)(H,78,97)(H,79,102)(H,80,89)(H,81,92)(H,82,91)(H,83,93)(H,84,95)(H,99,100)/t47-,48+,49?,51-,52-,53?,54?,55-,57+,64-,65+,66+/m0/s1. The largest absolute Gasteiger partial charge is 0.480 e. The number of esters is 1. The van der Waals surface area contributed by atoms with Gasteiger partial charge in [-0.05, 0) is 68.5 Å². The maximum absolute atomic E-state index is 14.6. The quantitative estimate of drug-likeness (QED) is 0.0328. The molecule has 108 heavy (non-hydrogen) atoms. The molecule has 0 aliphatic carbocycles. The highest BCUT2D eigenvalue weighted by molar-refractivity contribution is 5.93. The number of nitrogens with one attached hydrogen (secondary N) is 9. The summed E-state index contributed by atoms with van der Waals surface area (Å²) in [5, 5.41) is 32.1. The number of methoxy groups -OCH3 is 3. The molecule has 2 rings (SSSR count). The van der Waals surface area contributed by atoms with Gasteiger partial charge >= 0.3 is 18.0 Å². The van der Waals surface area contributed by atoms with Crippen LogP contribution in [0.4, 0.5) is 4.79 Å². The van der Waals surface area contributed by atoms with Gasteiger partial charge in [0.05, 0.1) is 82.1 Å². The second-order valence-corrected chi connectivity index (χ2v) is 30.3. The Morgan fingerprint density at radius 3 is 1.84 bits per heavy atom. The van der Waals surface area contributed by atoms with Crippen LogP contribution in [0.3, 0.4) is 0 Å². The molecule has 3 unspecified atom stereocenters. The molecule has 33 heteroatoms. The second kappa shape index (κ2) is 48.9. The second-order valence-electron chi connectivity index (χ2n) is 30.3. The fraction of sp³-hybridized carbons (Fsp3) is 0.733. The molecule has 0 spiro atoms. The van der Waals surface area contributed by atoms with Crippen LogP contribution in [0.1, 0.15) is 153 Å². The van der Waals surface area contributed by atoms with Gasteiger partial charge in [0.1, 0.15) is 30.8 Å². The smallest absolute Gasteiger partial charge is 0.407 e. The van der Waals surface area contributed by atoms with Gasteiger partial charge in [0.15, 0.2) is 5.78 Å². The van der Waals surface area contributed by atoms with Crippen molar-refractivity contribution in [1.29, 1.82) is 0 Å². The summed E-state index contributed by atoms with van der Waals surface area (Å²) < 4.78 is 33.0. The zero-order valence-corrected chi connectivity index (χ0v) is 66.9. The van der Waals surface area contributed by atoms with E-state index in [0.29, 0.717) is 32.4 Å². The van der Waals surface area contributed by atoms with Gasteiger partial charge in [-0.15, -0.1) is 0 Å². The Kier molecular flexibility index (Phi) is 43.3. The number of alkyl carbamates (subject to hydrolysis) is 1. The van der Waals surface area contributed by atoms with E-state index in [1.54, 1.807) is 48.0 Å². The van der Waals surface area contributed by atoms with Gasteiger partial charge in [0.25, 0.3) is 0 Å². The Labute approximate surface area is 637 Å². The van der Waals surface area contributed by atoms with Gasteiger partial charge in [-0.2, -0.15) is 0 Å². The highest BCUT2D eigenvalue weighted by Crippen LogP contribution is 2.33. The predicted octanol–water partition coefficient (Wildman–Crippen LogP) is 1.79. The van der Waals surface area contributed by atoms with Crippen LogP contribution in [0.15, 0.2) is 30.3 Å². The average molecular weight is 1530 g/mol. The third kappa shape index (κ3) is 35.3. The zero-order chi connectivity index (χ0) is 81.6. The minimum Gasteiger partial charge on any atom is -0.480 e. The van der Waals surface area contributed by atoms with Gasteiger partial charge in [0.2, 0.25) is 59.1 Å². The molecular weight excluding hydrogens is 1400 g/mol. The minimum atomic E-state index is -1.78.